The molecule has 1 aromatic carbocycles. The van der Waals surface area contributed by atoms with E-state index < -0.39 is 10.0 Å². The number of carbonyl (C=O) groups is 1. The highest BCUT2D eigenvalue weighted by atomic mass is 79.9. The number of rotatable bonds is 8. The molecule has 7 heteroatoms. The van der Waals surface area contributed by atoms with E-state index in [-0.39, 0.29) is 18.9 Å². The number of anilines is 1. The van der Waals surface area contributed by atoms with Crippen molar-refractivity contribution in [1.82, 2.24) is 4.31 Å². The number of hydrogen-bond acceptors (Lipinski definition) is 3. The summed E-state index contributed by atoms with van der Waals surface area (Å²) in [5, 5.41) is 2.76. The molecule has 0 bridgehead atoms. The predicted molar refractivity (Wildman–Crippen MR) is 93.3 cm³/mol. The molecule has 22 heavy (non-hydrogen) atoms. The van der Waals surface area contributed by atoms with Crippen LogP contribution in [0.25, 0.3) is 0 Å². The zero-order valence-corrected chi connectivity index (χ0v) is 15.6. The molecule has 0 aliphatic carbocycles. The van der Waals surface area contributed by atoms with Gasteiger partial charge in [0.2, 0.25) is 15.9 Å². The Labute approximate surface area is 141 Å². The molecule has 1 amide bonds. The van der Waals surface area contributed by atoms with E-state index in [4.69, 9.17) is 0 Å². The number of benzene rings is 1. The van der Waals surface area contributed by atoms with Crippen molar-refractivity contribution in [2.24, 2.45) is 5.92 Å². The predicted octanol–water partition coefficient (Wildman–Crippen LogP) is 3.09. The van der Waals surface area contributed by atoms with Gasteiger partial charge in [-0.15, -0.1) is 0 Å². The quantitative estimate of drug-likeness (QED) is 0.741. The van der Waals surface area contributed by atoms with E-state index >= 15 is 0 Å². The number of amides is 1. The summed E-state index contributed by atoms with van der Waals surface area (Å²) in [5.41, 5.74) is 0.687. The van der Waals surface area contributed by atoms with E-state index in [1.807, 2.05) is 26.0 Å². The van der Waals surface area contributed by atoms with Gasteiger partial charge in [0, 0.05) is 29.7 Å². The molecule has 124 valence electrons. The standard InChI is InChI=1S/C15H23BrN2O3S/c1-12(2)7-9-18(22(3,20)21)10-8-15(19)17-14-6-4-5-13(16)11-14/h4-6,11-12H,7-10H2,1-3H3,(H,17,19). The highest BCUT2D eigenvalue weighted by molar-refractivity contribution is 9.10. The van der Waals surface area contributed by atoms with Gasteiger partial charge in [0.1, 0.15) is 0 Å². The molecular weight excluding hydrogens is 368 g/mol. The summed E-state index contributed by atoms with van der Waals surface area (Å²) >= 11 is 3.34. The van der Waals surface area contributed by atoms with E-state index in [0.717, 1.165) is 10.9 Å². The van der Waals surface area contributed by atoms with Gasteiger partial charge in [-0.25, -0.2) is 12.7 Å². The largest absolute Gasteiger partial charge is 0.326 e. The lowest BCUT2D eigenvalue weighted by Crippen LogP contribution is -2.34. The monoisotopic (exact) mass is 390 g/mol. The lowest BCUT2D eigenvalue weighted by molar-refractivity contribution is -0.116. The van der Waals surface area contributed by atoms with Gasteiger partial charge in [-0.1, -0.05) is 35.8 Å². The molecule has 0 saturated carbocycles. The first kappa shape index (κ1) is 19.1. The highest BCUT2D eigenvalue weighted by Gasteiger charge is 2.18. The van der Waals surface area contributed by atoms with E-state index in [0.29, 0.717) is 18.2 Å². The Morgan fingerprint density at radius 1 is 1.32 bits per heavy atom. The van der Waals surface area contributed by atoms with Crippen molar-refractivity contribution in [2.45, 2.75) is 26.7 Å². The van der Waals surface area contributed by atoms with E-state index in [1.54, 1.807) is 12.1 Å². The number of sulfonamides is 1. The summed E-state index contributed by atoms with van der Waals surface area (Å²) in [6.45, 7) is 4.73. The summed E-state index contributed by atoms with van der Waals surface area (Å²) in [7, 11) is -3.29. The molecule has 1 aromatic rings. The SMILES string of the molecule is CC(C)CCN(CCC(=O)Nc1cccc(Br)c1)S(C)(=O)=O. The summed E-state index contributed by atoms with van der Waals surface area (Å²) in [5.74, 6) is 0.219. The Hall–Kier alpha value is -0.920. The number of nitrogens with zero attached hydrogens (tertiary/aromatic N) is 1. The van der Waals surface area contributed by atoms with Crippen LogP contribution in [0.4, 0.5) is 5.69 Å². The molecular formula is C15H23BrN2O3S. The minimum atomic E-state index is -3.29. The van der Waals surface area contributed by atoms with Gasteiger partial charge in [-0.3, -0.25) is 4.79 Å². The maximum absolute atomic E-state index is 11.9. The van der Waals surface area contributed by atoms with Crippen LogP contribution in [-0.2, 0) is 14.8 Å². The van der Waals surface area contributed by atoms with Crippen molar-refractivity contribution in [2.75, 3.05) is 24.7 Å². The Kier molecular flexibility index (Phi) is 7.52. The summed E-state index contributed by atoms with van der Waals surface area (Å²) < 4.78 is 25.7. The smallest absolute Gasteiger partial charge is 0.225 e. The first-order valence-electron chi connectivity index (χ1n) is 7.19. The third-order valence-electron chi connectivity index (χ3n) is 3.12. The van der Waals surface area contributed by atoms with Crippen LogP contribution in [-0.4, -0.2) is 38.0 Å². The third kappa shape index (κ3) is 7.38. The third-order valence-corrected chi connectivity index (χ3v) is 4.92. The molecule has 0 spiro atoms. The minimum Gasteiger partial charge on any atom is -0.326 e. The zero-order chi connectivity index (χ0) is 16.8. The molecule has 0 saturated heterocycles. The van der Waals surface area contributed by atoms with E-state index in [1.165, 1.54) is 10.6 Å². The van der Waals surface area contributed by atoms with Crippen LogP contribution < -0.4 is 5.32 Å². The number of carbonyl (C=O) groups excluding carboxylic acids is 1. The van der Waals surface area contributed by atoms with Crippen molar-refractivity contribution in [3.05, 3.63) is 28.7 Å². The van der Waals surface area contributed by atoms with Crippen molar-refractivity contribution >= 4 is 37.5 Å². The summed E-state index contributed by atoms with van der Waals surface area (Å²) in [6.07, 6.45) is 2.09. The Balaban J connectivity index is 2.55. The van der Waals surface area contributed by atoms with Crippen LogP contribution in [0.15, 0.2) is 28.7 Å². The van der Waals surface area contributed by atoms with Crippen molar-refractivity contribution < 1.29 is 13.2 Å². The molecule has 1 N–H and O–H groups in total. The van der Waals surface area contributed by atoms with Crippen LogP contribution in [0, 0.1) is 5.92 Å². The van der Waals surface area contributed by atoms with E-state index in [9.17, 15) is 13.2 Å². The van der Waals surface area contributed by atoms with Crippen molar-refractivity contribution in [3.8, 4) is 0 Å². The Morgan fingerprint density at radius 3 is 2.55 bits per heavy atom. The van der Waals surface area contributed by atoms with Gasteiger partial charge < -0.3 is 5.32 Å². The molecule has 0 unspecified atom stereocenters. The van der Waals surface area contributed by atoms with Crippen LogP contribution >= 0.6 is 15.9 Å². The van der Waals surface area contributed by atoms with Gasteiger partial charge in [0.15, 0.2) is 0 Å². The molecule has 0 aliphatic heterocycles. The topological polar surface area (TPSA) is 66.5 Å². The van der Waals surface area contributed by atoms with Crippen LogP contribution in [0.1, 0.15) is 26.7 Å². The van der Waals surface area contributed by atoms with Gasteiger partial charge in [0.25, 0.3) is 0 Å². The first-order valence-corrected chi connectivity index (χ1v) is 9.83. The molecule has 1 rings (SSSR count). The molecule has 5 nitrogen and oxygen atoms in total. The second-order valence-electron chi connectivity index (χ2n) is 5.65. The molecule has 0 aliphatic rings. The van der Waals surface area contributed by atoms with Gasteiger partial charge in [-0.05, 0) is 30.5 Å². The second-order valence-corrected chi connectivity index (χ2v) is 8.55. The zero-order valence-electron chi connectivity index (χ0n) is 13.2. The van der Waals surface area contributed by atoms with Gasteiger partial charge in [0.05, 0.1) is 6.26 Å². The van der Waals surface area contributed by atoms with Gasteiger partial charge in [-0.2, -0.15) is 0 Å². The fraction of sp³-hybridized carbons (Fsp3) is 0.533. The molecule has 0 atom stereocenters. The molecule has 0 fully saturated rings. The average molecular weight is 391 g/mol. The number of nitrogens with one attached hydrogen (secondary N) is 1. The lowest BCUT2D eigenvalue weighted by atomic mass is 10.1. The number of hydrogen-bond donors (Lipinski definition) is 1. The maximum atomic E-state index is 11.9. The summed E-state index contributed by atoms with van der Waals surface area (Å²) in [6, 6.07) is 7.28. The van der Waals surface area contributed by atoms with Crippen molar-refractivity contribution in [1.29, 1.82) is 0 Å². The van der Waals surface area contributed by atoms with Crippen LogP contribution in [0.5, 0.6) is 0 Å². The van der Waals surface area contributed by atoms with Gasteiger partial charge >= 0.3 is 0 Å². The highest BCUT2D eigenvalue weighted by Crippen LogP contribution is 2.16. The average Bonchev–Trinajstić information content (AvgIpc) is 2.36. The maximum Gasteiger partial charge on any atom is 0.225 e. The first-order chi connectivity index (χ1) is 10.2. The number of halogens is 1. The second kappa shape index (κ2) is 8.64. The van der Waals surface area contributed by atoms with Crippen molar-refractivity contribution in [3.63, 3.8) is 0 Å². The minimum absolute atomic E-state index is 0.137. The fourth-order valence-electron chi connectivity index (χ4n) is 1.86. The van der Waals surface area contributed by atoms with E-state index in [2.05, 4.69) is 21.2 Å². The summed E-state index contributed by atoms with van der Waals surface area (Å²) in [4.78, 5) is 11.9. The Morgan fingerprint density at radius 2 is 2.00 bits per heavy atom. The lowest BCUT2D eigenvalue weighted by Gasteiger charge is -2.20. The Bertz CT molecular complexity index is 603. The van der Waals surface area contributed by atoms with Crippen LogP contribution in [0.2, 0.25) is 0 Å². The van der Waals surface area contributed by atoms with Crippen LogP contribution in [0.3, 0.4) is 0 Å². The normalized spacial score (nSPS) is 11.9. The fourth-order valence-corrected chi connectivity index (χ4v) is 3.12. The molecule has 0 radical (unpaired) electrons. The molecule has 0 heterocycles. The molecule has 0 aromatic heterocycles.